The SMILES string of the molecule is CCN1CCN(CCCCNC(=NC)NC2CCN(Cc3ccccc3)CC2)CC1.I. The molecule has 176 valence electrons. The first-order chi connectivity index (χ1) is 14.8. The van der Waals surface area contributed by atoms with Crippen LogP contribution in [0.4, 0.5) is 0 Å². The summed E-state index contributed by atoms with van der Waals surface area (Å²) in [5.41, 5.74) is 1.41. The number of likely N-dealkylation sites (tertiary alicyclic amines) is 1. The van der Waals surface area contributed by atoms with E-state index in [0.717, 1.165) is 32.1 Å². The molecule has 2 aliphatic heterocycles. The van der Waals surface area contributed by atoms with E-state index in [0.29, 0.717) is 6.04 Å². The lowest BCUT2D eigenvalue weighted by Crippen LogP contribution is -2.48. The van der Waals surface area contributed by atoms with Crippen LogP contribution < -0.4 is 10.6 Å². The second kappa shape index (κ2) is 15.0. The lowest BCUT2D eigenvalue weighted by atomic mass is 10.0. The van der Waals surface area contributed by atoms with Crippen molar-refractivity contribution in [2.75, 3.05) is 66.0 Å². The lowest BCUT2D eigenvalue weighted by molar-refractivity contribution is 0.136. The van der Waals surface area contributed by atoms with Crippen LogP contribution >= 0.6 is 24.0 Å². The zero-order valence-electron chi connectivity index (χ0n) is 19.6. The number of hydrogen-bond acceptors (Lipinski definition) is 4. The van der Waals surface area contributed by atoms with E-state index in [9.17, 15) is 0 Å². The smallest absolute Gasteiger partial charge is 0.191 e. The van der Waals surface area contributed by atoms with Gasteiger partial charge < -0.3 is 20.4 Å². The third-order valence-corrected chi connectivity index (χ3v) is 6.51. The third-order valence-electron chi connectivity index (χ3n) is 6.51. The van der Waals surface area contributed by atoms with Crippen molar-refractivity contribution in [3.63, 3.8) is 0 Å². The van der Waals surface area contributed by atoms with Crippen molar-refractivity contribution < 1.29 is 0 Å². The van der Waals surface area contributed by atoms with E-state index in [1.807, 2.05) is 7.05 Å². The van der Waals surface area contributed by atoms with E-state index in [2.05, 4.69) is 67.6 Å². The van der Waals surface area contributed by atoms with Crippen LogP contribution in [0.5, 0.6) is 0 Å². The van der Waals surface area contributed by atoms with Gasteiger partial charge in [0.1, 0.15) is 0 Å². The molecule has 6 nitrogen and oxygen atoms in total. The molecule has 0 saturated carbocycles. The Kier molecular flexibility index (Phi) is 12.8. The van der Waals surface area contributed by atoms with Crippen molar-refractivity contribution >= 4 is 29.9 Å². The number of nitrogens with one attached hydrogen (secondary N) is 2. The number of nitrogens with zero attached hydrogens (tertiary/aromatic N) is 4. The van der Waals surface area contributed by atoms with Gasteiger partial charge >= 0.3 is 0 Å². The van der Waals surface area contributed by atoms with Gasteiger partial charge in [0.25, 0.3) is 0 Å². The average Bonchev–Trinajstić information content (AvgIpc) is 2.80. The number of piperazine rings is 1. The number of unbranched alkanes of at least 4 members (excludes halogenated alkanes) is 1. The van der Waals surface area contributed by atoms with E-state index in [-0.39, 0.29) is 24.0 Å². The number of likely N-dealkylation sites (N-methyl/N-ethyl adjacent to an activating group) is 1. The minimum Gasteiger partial charge on any atom is -0.356 e. The Hall–Kier alpha value is -0.900. The number of piperidine rings is 1. The molecule has 0 radical (unpaired) electrons. The maximum absolute atomic E-state index is 4.44. The van der Waals surface area contributed by atoms with Crippen molar-refractivity contribution in [2.24, 2.45) is 4.99 Å². The van der Waals surface area contributed by atoms with Gasteiger partial charge in [-0.05, 0) is 44.3 Å². The summed E-state index contributed by atoms with van der Waals surface area (Å²) in [4.78, 5) is 12.2. The van der Waals surface area contributed by atoms with E-state index in [1.54, 1.807) is 0 Å². The number of guanidine groups is 1. The number of halogens is 1. The predicted molar refractivity (Wildman–Crippen MR) is 142 cm³/mol. The third kappa shape index (κ3) is 9.63. The Balaban J connectivity index is 0.00000341. The second-order valence-electron chi connectivity index (χ2n) is 8.66. The Bertz CT molecular complexity index is 610. The summed E-state index contributed by atoms with van der Waals surface area (Å²) in [7, 11) is 1.88. The van der Waals surface area contributed by atoms with Crippen LogP contribution in [0, 0.1) is 0 Å². The van der Waals surface area contributed by atoms with Gasteiger partial charge in [-0.15, -0.1) is 24.0 Å². The zero-order chi connectivity index (χ0) is 21.0. The highest BCUT2D eigenvalue weighted by Gasteiger charge is 2.20. The van der Waals surface area contributed by atoms with Crippen LogP contribution in [0.2, 0.25) is 0 Å². The average molecular weight is 543 g/mol. The van der Waals surface area contributed by atoms with Crippen LogP contribution in [0.15, 0.2) is 35.3 Å². The Morgan fingerprint density at radius 3 is 2.26 bits per heavy atom. The molecule has 0 aromatic heterocycles. The number of benzene rings is 1. The quantitative estimate of drug-likeness (QED) is 0.218. The molecule has 31 heavy (non-hydrogen) atoms. The van der Waals surface area contributed by atoms with E-state index in [1.165, 1.54) is 70.5 Å². The largest absolute Gasteiger partial charge is 0.356 e. The molecular formula is C24H43IN6. The first-order valence-corrected chi connectivity index (χ1v) is 11.9. The van der Waals surface area contributed by atoms with Crippen LogP contribution in [0.25, 0.3) is 0 Å². The van der Waals surface area contributed by atoms with Crippen LogP contribution in [0.1, 0.15) is 38.2 Å². The first kappa shape index (κ1) is 26.4. The van der Waals surface area contributed by atoms with Crippen molar-refractivity contribution in [1.29, 1.82) is 0 Å². The van der Waals surface area contributed by atoms with Crippen molar-refractivity contribution in [2.45, 2.75) is 45.2 Å². The highest BCUT2D eigenvalue weighted by molar-refractivity contribution is 14.0. The van der Waals surface area contributed by atoms with Gasteiger partial charge in [0, 0.05) is 65.4 Å². The van der Waals surface area contributed by atoms with Gasteiger partial charge in [0.2, 0.25) is 0 Å². The molecule has 0 atom stereocenters. The Morgan fingerprint density at radius 2 is 1.61 bits per heavy atom. The number of rotatable bonds is 9. The summed E-state index contributed by atoms with van der Waals surface area (Å²) in [5, 5.41) is 7.16. The van der Waals surface area contributed by atoms with Crippen molar-refractivity contribution in [1.82, 2.24) is 25.3 Å². The molecule has 0 aliphatic carbocycles. The van der Waals surface area contributed by atoms with Gasteiger partial charge in [0.05, 0.1) is 0 Å². The molecule has 0 spiro atoms. The van der Waals surface area contributed by atoms with E-state index < -0.39 is 0 Å². The fourth-order valence-electron chi connectivity index (χ4n) is 4.46. The van der Waals surface area contributed by atoms with E-state index >= 15 is 0 Å². The van der Waals surface area contributed by atoms with E-state index in [4.69, 9.17) is 0 Å². The maximum atomic E-state index is 4.44. The topological polar surface area (TPSA) is 46.1 Å². The minimum absolute atomic E-state index is 0. The minimum atomic E-state index is 0. The highest BCUT2D eigenvalue weighted by atomic mass is 127. The lowest BCUT2D eigenvalue weighted by Gasteiger charge is -2.34. The molecule has 1 aromatic carbocycles. The normalized spacial score (nSPS) is 19.7. The standard InChI is InChI=1S/C24H42N6.HI/c1-3-28-17-19-29(20-18-28)14-8-7-13-26-24(25-2)27-23-11-15-30(16-12-23)21-22-9-5-4-6-10-22;/h4-6,9-10,23H,3,7-8,11-21H2,1-2H3,(H2,25,26,27);1H. The fraction of sp³-hybridized carbons (Fsp3) is 0.708. The van der Waals surface area contributed by atoms with Crippen LogP contribution in [-0.2, 0) is 6.54 Å². The molecule has 1 aromatic rings. The van der Waals surface area contributed by atoms with Gasteiger partial charge in [-0.2, -0.15) is 0 Å². The van der Waals surface area contributed by atoms with Gasteiger partial charge in [0.15, 0.2) is 5.96 Å². The molecule has 2 fully saturated rings. The summed E-state index contributed by atoms with van der Waals surface area (Å²) in [6.45, 7) is 14.0. The predicted octanol–water partition coefficient (Wildman–Crippen LogP) is 2.85. The molecule has 3 rings (SSSR count). The summed E-state index contributed by atoms with van der Waals surface area (Å²) in [6, 6.07) is 11.3. The molecule has 7 heteroatoms. The van der Waals surface area contributed by atoms with Gasteiger partial charge in [-0.1, -0.05) is 37.3 Å². The monoisotopic (exact) mass is 542 g/mol. The van der Waals surface area contributed by atoms with Crippen LogP contribution in [-0.4, -0.2) is 92.7 Å². The first-order valence-electron chi connectivity index (χ1n) is 11.9. The molecule has 2 saturated heterocycles. The molecule has 2 heterocycles. The van der Waals surface area contributed by atoms with Gasteiger partial charge in [-0.25, -0.2) is 0 Å². The number of hydrogen-bond donors (Lipinski definition) is 2. The van der Waals surface area contributed by atoms with Crippen LogP contribution in [0.3, 0.4) is 0 Å². The Labute approximate surface area is 206 Å². The summed E-state index contributed by atoms with van der Waals surface area (Å²) in [5.74, 6) is 0.966. The highest BCUT2D eigenvalue weighted by Crippen LogP contribution is 2.13. The number of aliphatic imine (C=N–C) groups is 1. The van der Waals surface area contributed by atoms with Crippen molar-refractivity contribution in [3.05, 3.63) is 35.9 Å². The molecule has 2 aliphatic rings. The summed E-state index contributed by atoms with van der Waals surface area (Å²) >= 11 is 0. The van der Waals surface area contributed by atoms with Gasteiger partial charge in [-0.3, -0.25) is 9.89 Å². The summed E-state index contributed by atoms with van der Waals surface area (Å²) < 4.78 is 0. The fourth-order valence-corrected chi connectivity index (χ4v) is 4.46. The molecular weight excluding hydrogens is 499 g/mol. The maximum Gasteiger partial charge on any atom is 0.191 e. The summed E-state index contributed by atoms with van der Waals surface area (Å²) in [6.07, 6.45) is 4.81. The zero-order valence-corrected chi connectivity index (χ0v) is 21.9. The Morgan fingerprint density at radius 1 is 0.935 bits per heavy atom. The molecule has 0 amide bonds. The second-order valence-corrected chi connectivity index (χ2v) is 8.66. The van der Waals surface area contributed by atoms with Crippen molar-refractivity contribution in [3.8, 4) is 0 Å². The molecule has 0 bridgehead atoms. The molecule has 2 N–H and O–H groups in total. The molecule has 0 unspecified atom stereocenters.